The Morgan fingerprint density at radius 3 is 0.791 bits per heavy atom. The minimum atomic E-state index is -2.00. The molecule has 4 unspecified atom stereocenters. The number of aliphatic hydroxyl groups excluding tert-OH is 1. The lowest BCUT2D eigenvalue weighted by Crippen LogP contribution is -2.43. The van der Waals surface area contributed by atoms with Gasteiger partial charge in [0.15, 0.2) is 22.9 Å². The van der Waals surface area contributed by atoms with E-state index >= 15 is 0 Å². The second kappa shape index (κ2) is 51.7. The van der Waals surface area contributed by atoms with E-state index in [0.717, 1.165) is 57.8 Å². The average Bonchev–Trinajstić information content (AvgIpc) is 1.43. The van der Waals surface area contributed by atoms with Gasteiger partial charge in [0.1, 0.15) is 17.1 Å². The van der Waals surface area contributed by atoms with E-state index in [2.05, 4.69) is 166 Å². The van der Waals surface area contributed by atoms with Gasteiger partial charge in [-0.25, -0.2) is 28.8 Å². The van der Waals surface area contributed by atoms with Gasteiger partial charge in [0.05, 0.1) is 7.11 Å². The minimum Gasteiger partial charge on any atom is -0.507 e. The van der Waals surface area contributed by atoms with Crippen molar-refractivity contribution in [1.82, 2.24) is 0 Å². The summed E-state index contributed by atoms with van der Waals surface area (Å²) in [5.41, 5.74) is -1.87. The summed E-state index contributed by atoms with van der Waals surface area (Å²) in [7, 11) is 1.44. The van der Waals surface area contributed by atoms with Crippen LogP contribution in [0.15, 0.2) is 200 Å². The van der Waals surface area contributed by atoms with Crippen LogP contribution in [0.3, 0.4) is 0 Å². The number of aliphatic carboxylic acids is 5. The largest absolute Gasteiger partial charge is 0.507 e. The summed E-state index contributed by atoms with van der Waals surface area (Å²) in [5.74, 6) is -7.36. The number of aliphatic hydroxyl groups is 5. The number of carboxylic acid groups (broad SMARTS) is 6. The molecule has 2 fully saturated rings. The van der Waals surface area contributed by atoms with Crippen molar-refractivity contribution in [2.45, 2.75) is 259 Å². The third kappa shape index (κ3) is 51.4. The Hall–Kier alpha value is -9.24. The van der Waals surface area contributed by atoms with E-state index in [1.54, 1.807) is 170 Å². The molecule has 0 aromatic heterocycles. The Balaban J connectivity index is -0.00000123. The van der Waals surface area contributed by atoms with Crippen LogP contribution in [0.25, 0.3) is 0 Å². The highest BCUT2D eigenvalue weighted by molar-refractivity contribution is 5.91. The van der Waals surface area contributed by atoms with Crippen molar-refractivity contribution in [2.24, 2.45) is 44.3 Å². The molecule has 0 heterocycles. The van der Waals surface area contributed by atoms with Gasteiger partial charge in [-0.3, -0.25) is 0 Å². The van der Waals surface area contributed by atoms with Gasteiger partial charge in [0.25, 0.3) is 0 Å². The van der Waals surface area contributed by atoms with Crippen LogP contribution in [0.2, 0.25) is 0 Å². The molecule has 0 spiro atoms. The highest BCUT2D eigenvalue weighted by atomic mass is 16.5. The zero-order valence-corrected chi connectivity index (χ0v) is 73.9. The van der Waals surface area contributed by atoms with Crippen LogP contribution in [0.1, 0.15) is 281 Å². The van der Waals surface area contributed by atoms with E-state index in [1.807, 2.05) is 12.1 Å². The quantitative estimate of drug-likeness (QED) is 0.0454. The number of benzene rings is 7. The molecule has 7 aromatic rings. The number of rotatable bonds is 15. The molecule has 4 atom stereocenters. The molecular formula is C96H144O19. The van der Waals surface area contributed by atoms with Crippen LogP contribution in [-0.2, 0) is 46.4 Å². The molecule has 2 aliphatic rings. The average molecular weight is 1600 g/mol. The van der Waals surface area contributed by atoms with Crippen molar-refractivity contribution in [3.8, 4) is 11.5 Å². The second-order valence-electron chi connectivity index (χ2n) is 38.0. The predicted molar refractivity (Wildman–Crippen MR) is 463 cm³/mol. The fourth-order valence-corrected chi connectivity index (χ4v) is 9.57. The highest BCUT2D eigenvalue weighted by Gasteiger charge is 2.47. The molecule has 0 radical (unpaired) electrons. The fourth-order valence-electron chi connectivity index (χ4n) is 9.57. The van der Waals surface area contributed by atoms with E-state index in [9.17, 15) is 64.5 Å². The molecule has 0 amide bonds. The molecule has 2 aliphatic carbocycles. The third-order valence-corrected chi connectivity index (χ3v) is 14.5. The maximum absolute atomic E-state index is 11.5. The van der Waals surface area contributed by atoms with Gasteiger partial charge in [-0.05, 0) is 111 Å². The van der Waals surface area contributed by atoms with Gasteiger partial charge in [0.2, 0.25) is 5.60 Å². The summed E-state index contributed by atoms with van der Waals surface area (Å²) in [6.07, 6.45) is 6.92. The molecule has 7 aromatic carbocycles. The summed E-state index contributed by atoms with van der Waals surface area (Å²) in [4.78, 5) is 65.4. The minimum absolute atomic E-state index is 0.129. The lowest BCUT2D eigenvalue weighted by Gasteiger charge is -2.35. The Bertz CT molecular complexity index is 3640. The van der Waals surface area contributed by atoms with Crippen LogP contribution in [0.5, 0.6) is 11.5 Å². The Kier molecular flexibility index (Phi) is 49.4. The van der Waals surface area contributed by atoms with Crippen LogP contribution >= 0.6 is 0 Å². The van der Waals surface area contributed by atoms with Crippen molar-refractivity contribution in [1.29, 1.82) is 0 Å². The van der Waals surface area contributed by atoms with Gasteiger partial charge in [-0.15, -0.1) is 0 Å². The van der Waals surface area contributed by atoms with E-state index in [4.69, 9.17) is 30.3 Å². The maximum Gasteiger partial charge on any atom is 0.345 e. The molecule has 9 rings (SSSR count). The third-order valence-electron chi connectivity index (χ3n) is 14.5. The number of ether oxygens (including phenoxy) is 1. The van der Waals surface area contributed by atoms with Crippen LogP contribution in [-0.4, -0.2) is 104 Å². The Labute approximate surface area is 688 Å². The standard InChI is InChI=1S/C14H18O3.C14H12O3.C13H16O3.C9H10O3.C8H8O4.C8H8O3.6C5H12/c2*15-13(16)14(17,11-7-3-1-4-8-11)12-9-5-2-6-10-12;14-12(15)13(16,11-8-4-5-9-11)10-6-2-1-3-7-10;1-9(12,8(10)11)7-5-3-2-4-6-7;1-12-5-2-3-6(8(10)11)7(9)4-5;9-7(8(10)11)6-4-2-1-3-5-6;6*1-5(2,3)4/h1,3-4,7-8,12,17H,2,5-6,9-10H2,(H,15,16);1-10,17H,(H,15,16);1-3,6-7,11,16H,4-5,8-9H2,(H,14,15);2-6,12H,1H3,(H,10,11);2-4,9H,1H3,(H,10,11);1-5,7,9H,(H,10,11);6*1-4H3. The van der Waals surface area contributed by atoms with E-state index in [1.165, 1.54) is 32.2 Å². The number of methoxy groups -OCH3 is 1. The molecule has 12 N–H and O–H groups in total. The first-order valence-corrected chi connectivity index (χ1v) is 39.0. The van der Waals surface area contributed by atoms with Gasteiger partial charge >= 0.3 is 35.8 Å². The van der Waals surface area contributed by atoms with Crippen molar-refractivity contribution < 1.29 is 94.8 Å². The summed E-state index contributed by atoms with van der Waals surface area (Å²) >= 11 is 0. The monoisotopic (exact) mass is 1600 g/mol. The molecule has 0 saturated heterocycles. The number of carboxylic acids is 6. The summed E-state index contributed by atoms with van der Waals surface area (Å²) < 4.78 is 4.78. The molecule has 2 saturated carbocycles. The van der Waals surface area contributed by atoms with Crippen molar-refractivity contribution in [2.75, 3.05) is 7.11 Å². The molecule has 642 valence electrons. The first-order chi connectivity index (χ1) is 52.4. The van der Waals surface area contributed by atoms with Crippen molar-refractivity contribution in [3.05, 3.63) is 239 Å². The molecular weight excluding hydrogens is 1460 g/mol. The van der Waals surface area contributed by atoms with Gasteiger partial charge in [0, 0.05) is 17.9 Å². The van der Waals surface area contributed by atoms with Crippen molar-refractivity contribution >= 4 is 35.8 Å². The van der Waals surface area contributed by atoms with E-state index in [-0.39, 0.29) is 23.1 Å². The van der Waals surface area contributed by atoms with E-state index in [0.29, 0.717) is 71.6 Å². The predicted octanol–water partition coefficient (Wildman–Crippen LogP) is 21.9. The van der Waals surface area contributed by atoms with Gasteiger partial charge < -0.3 is 66.0 Å². The molecule has 115 heavy (non-hydrogen) atoms. The number of carbonyl (C=O) groups is 6. The summed E-state index contributed by atoms with van der Waals surface area (Å²) in [6, 6.07) is 54.8. The smallest absolute Gasteiger partial charge is 0.345 e. The molecule has 19 heteroatoms. The SMILES string of the molecule is CC(C)(C)C.CC(C)(C)C.CC(C)(C)C.CC(C)(C)C.CC(C)(C)C.CC(C)(C)C.CC(O)(C(=O)O)c1ccccc1.COc1ccc(C(=O)O)c(O)c1.O=C(O)C(O)(c1ccccc1)C1CCCC1.O=C(O)C(O)(c1ccccc1)C1CCCCC1.O=C(O)C(O)(c1ccccc1)c1ccccc1.O=C(O)C(O)c1ccccc1. The topological polar surface area (TPSA) is 354 Å². The summed E-state index contributed by atoms with van der Waals surface area (Å²) in [5, 5.41) is 113. The lowest BCUT2D eigenvalue weighted by molar-refractivity contribution is -0.168. The van der Waals surface area contributed by atoms with Gasteiger partial charge in [-0.2, -0.15) is 0 Å². The number of hydrogen-bond acceptors (Lipinski definition) is 13. The Morgan fingerprint density at radius 2 is 0.574 bits per heavy atom. The first kappa shape index (κ1) is 110. The molecule has 19 nitrogen and oxygen atoms in total. The van der Waals surface area contributed by atoms with Crippen LogP contribution in [0.4, 0.5) is 0 Å². The van der Waals surface area contributed by atoms with Crippen LogP contribution in [0, 0.1) is 44.3 Å². The zero-order valence-electron chi connectivity index (χ0n) is 73.9. The van der Waals surface area contributed by atoms with Crippen LogP contribution < -0.4 is 4.74 Å². The fraction of sp³-hybridized carbons (Fsp3) is 0.500. The van der Waals surface area contributed by atoms with Crippen molar-refractivity contribution in [3.63, 3.8) is 0 Å². The number of aromatic carboxylic acids is 1. The number of aromatic hydroxyl groups is 1. The Morgan fingerprint density at radius 1 is 0.330 bits per heavy atom. The summed E-state index contributed by atoms with van der Waals surface area (Å²) in [6.45, 7) is 53.8. The highest BCUT2D eigenvalue weighted by Crippen LogP contribution is 2.42. The number of hydrogen-bond donors (Lipinski definition) is 12. The van der Waals surface area contributed by atoms with E-state index < -0.39 is 64.3 Å². The lowest BCUT2D eigenvalue weighted by atomic mass is 9.73. The zero-order chi connectivity index (χ0) is 89.8. The maximum atomic E-state index is 11.5. The normalized spacial score (nSPS) is 14.5. The second-order valence-corrected chi connectivity index (χ2v) is 38.0. The molecule has 0 bridgehead atoms. The molecule has 0 aliphatic heterocycles. The van der Waals surface area contributed by atoms with Gasteiger partial charge in [-0.1, -0.05) is 380 Å². The number of phenols is 1. The first-order valence-electron chi connectivity index (χ1n) is 39.0.